The molecule has 2 rings (SSSR count). The number of fused-ring (bicyclic) bond motifs is 1. The molecule has 96 valence electrons. The molecule has 2 heteroatoms. The summed E-state index contributed by atoms with van der Waals surface area (Å²) < 4.78 is 0. The van der Waals surface area contributed by atoms with Gasteiger partial charge in [0.25, 0.3) is 0 Å². The van der Waals surface area contributed by atoms with Crippen LogP contribution < -0.4 is 0 Å². The molecular weight excluding hydrogens is 212 g/mol. The molecule has 17 heavy (non-hydrogen) atoms. The summed E-state index contributed by atoms with van der Waals surface area (Å²) >= 11 is 0. The third-order valence-corrected chi connectivity index (χ3v) is 4.41. The number of rotatable bonds is 2. The van der Waals surface area contributed by atoms with Crippen LogP contribution >= 0.6 is 0 Å². The van der Waals surface area contributed by atoms with E-state index in [4.69, 9.17) is 0 Å². The molecule has 0 radical (unpaired) electrons. The average Bonchev–Trinajstić information content (AvgIpc) is 2.27. The van der Waals surface area contributed by atoms with E-state index in [1.165, 1.54) is 16.7 Å². The van der Waals surface area contributed by atoms with Crippen LogP contribution in [0, 0.1) is 16.7 Å². The number of hydrogen-bond donors (Lipinski definition) is 2. The zero-order valence-corrected chi connectivity index (χ0v) is 11.4. The monoisotopic (exact) mass is 236 g/mol. The first kappa shape index (κ1) is 12.8. The summed E-state index contributed by atoms with van der Waals surface area (Å²) in [4.78, 5) is 0. The molecule has 0 aromatic carbocycles. The molecule has 0 aromatic heterocycles. The normalized spacial score (nSPS) is 27.4. The fourth-order valence-electron chi connectivity index (χ4n) is 3.39. The molecule has 2 aliphatic carbocycles. The fraction of sp³-hybridized carbons (Fsp3) is 0.733. The maximum Gasteiger partial charge on any atom is 0.0515 e. The molecular formula is C15H24O2. The molecule has 0 saturated heterocycles. The molecule has 2 N–H and O–H groups in total. The first-order valence-corrected chi connectivity index (χ1v) is 6.46. The topological polar surface area (TPSA) is 40.5 Å². The Balaban J connectivity index is 2.29. The smallest absolute Gasteiger partial charge is 0.0515 e. The molecule has 0 aliphatic heterocycles. The van der Waals surface area contributed by atoms with Crippen molar-refractivity contribution in [2.75, 3.05) is 13.2 Å². The maximum atomic E-state index is 9.47. The average molecular weight is 236 g/mol. The van der Waals surface area contributed by atoms with Gasteiger partial charge in [-0.1, -0.05) is 32.4 Å². The molecule has 0 aromatic rings. The summed E-state index contributed by atoms with van der Waals surface area (Å²) in [6.07, 6.45) is 3.89. The number of aliphatic hydroxyl groups excluding tert-OH is 2. The van der Waals surface area contributed by atoms with E-state index in [0.29, 0.717) is 5.92 Å². The van der Waals surface area contributed by atoms with Gasteiger partial charge >= 0.3 is 0 Å². The van der Waals surface area contributed by atoms with E-state index in [2.05, 4.69) is 33.8 Å². The number of aliphatic hydroxyl groups is 2. The van der Waals surface area contributed by atoms with Crippen molar-refractivity contribution in [3.63, 3.8) is 0 Å². The van der Waals surface area contributed by atoms with Crippen LogP contribution in [-0.4, -0.2) is 23.4 Å². The Hall–Kier alpha value is -0.600. The van der Waals surface area contributed by atoms with Crippen LogP contribution in [0.5, 0.6) is 0 Å². The van der Waals surface area contributed by atoms with Gasteiger partial charge in [-0.3, -0.25) is 0 Å². The van der Waals surface area contributed by atoms with Crippen LogP contribution in [-0.2, 0) is 0 Å². The van der Waals surface area contributed by atoms with Crippen LogP contribution in [0.4, 0.5) is 0 Å². The fourth-order valence-corrected chi connectivity index (χ4v) is 3.39. The summed E-state index contributed by atoms with van der Waals surface area (Å²) in [7, 11) is 0. The Morgan fingerprint density at radius 3 is 2.35 bits per heavy atom. The van der Waals surface area contributed by atoms with Crippen LogP contribution in [0.2, 0.25) is 0 Å². The largest absolute Gasteiger partial charge is 0.396 e. The van der Waals surface area contributed by atoms with Crippen molar-refractivity contribution in [2.24, 2.45) is 16.7 Å². The summed E-state index contributed by atoms with van der Waals surface area (Å²) in [6, 6.07) is 0. The van der Waals surface area contributed by atoms with E-state index in [9.17, 15) is 10.2 Å². The van der Waals surface area contributed by atoms with Gasteiger partial charge in [0.15, 0.2) is 0 Å². The minimum Gasteiger partial charge on any atom is -0.396 e. The SMILES string of the molecule is CC1=C2CC(CO)(CO)CC=C2C1C(C)(C)C. The van der Waals surface area contributed by atoms with E-state index >= 15 is 0 Å². The summed E-state index contributed by atoms with van der Waals surface area (Å²) in [5, 5.41) is 18.9. The van der Waals surface area contributed by atoms with Crippen LogP contribution in [0.25, 0.3) is 0 Å². The zero-order chi connectivity index (χ0) is 12.8. The van der Waals surface area contributed by atoms with Gasteiger partial charge in [-0.15, -0.1) is 0 Å². The highest BCUT2D eigenvalue weighted by atomic mass is 16.3. The summed E-state index contributed by atoms with van der Waals surface area (Å²) in [5.74, 6) is 0.563. The third kappa shape index (κ3) is 1.88. The van der Waals surface area contributed by atoms with Gasteiger partial charge in [-0.2, -0.15) is 0 Å². The van der Waals surface area contributed by atoms with Gasteiger partial charge in [0.1, 0.15) is 0 Å². The van der Waals surface area contributed by atoms with Gasteiger partial charge in [0, 0.05) is 11.3 Å². The zero-order valence-electron chi connectivity index (χ0n) is 11.4. The van der Waals surface area contributed by atoms with Crippen LogP contribution in [0.3, 0.4) is 0 Å². The van der Waals surface area contributed by atoms with Crippen LogP contribution in [0.15, 0.2) is 22.8 Å². The first-order valence-electron chi connectivity index (χ1n) is 6.46. The molecule has 0 heterocycles. The van der Waals surface area contributed by atoms with Crippen molar-refractivity contribution in [1.82, 2.24) is 0 Å². The Labute approximate surface area is 104 Å². The lowest BCUT2D eigenvalue weighted by molar-refractivity contribution is 0.0513. The van der Waals surface area contributed by atoms with E-state index in [1.54, 1.807) is 0 Å². The second-order valence-corrected chi connectivity index (χ2v) is 6.82. The number of allylic oxidation sites excluding steroid dienone is 4. The van der Waals surface area contributed by atoms with E-state index in [1.807, 2.05) is 0 Å². The predicted octanol–water partition coefficient (Wildman–Crippen LogP) is 2.67. The van der Waals surface area contributed by atoms with Crippen molar-refractivity contribution in [3.8, 4) is 0 Å². The second-order valence-electron chi connectivity index (χ2n) is 6.82. The third-order valence-electron chi connectivity index (χ3n) is 4.41. The minimum absolute atomic E-state index is 0.0737. The van der Waals surface area contributed by atoms with Gasteiger partial charge < -0.3 is 10.2 Å². The highest BCUT2D eigenvalue weighted by molar-refractivity contribution is 5.54. The summed E-state index contributed by atoms with van der Waals surface area (Å²) in [6.45, 7) is 9.18. The Kier molecular flexibility index (Phi) is 2.99. The quantitative estimate of drug-likeness (QED) is 0.774. The molecule has 2 aliphatic rings. The molecule has 1 atom stereocenters. The lowest BCUT2D eigenvalue weighted by Crippen LogP contribution is -2.40. The van der Waals surface area contributed by atoms with Crippen molar-refractivity contribution in [2.45, 2.75) is 40.5 Å². The molecule has 1 unspecified atom stereocenters. The minimum atomic E-state index is -0.317. The van der Waals surface area contributed by atoms with Crippen molar-refractivity contribution in [1.29, 1.82) is 0 Å². The Morgan fingerprint density at radius 1 is 1.29 bits per heavy atom. The van der Waals surface area contributed by atoms with Gasteiger partial charge in [-0.05, 0) is 36.3 Å². The molecule has 2 nitrogen and oxygen atoms in total. The standard InChI is InChI=1S/C15H24O2/c1-10-12-7-15(8-16,9-17)6-5-11(12)13(10)14(2,3)4/h5,13,16-17H,6-9H2,1-4H3. The Bertz CT molecular complexity index is 378. The lowest BCUT2D eigenvalue weighted by Gasteiger charge is -2.49. The van der Waals surface area contributed by atoms with Crippen LogP contribution in [0.1, 0.15) is 40.5 Å². The van der Waals surface area contributed by atoms with Crippen molar-refractivity contribution < 1.29 is 10.2 Å². The van der Waals surface area contributed by atoms with E-state index < -0.39 is 0 Å². The second kappa shape index (κ2) is 3.96. The van der Waals surface area contributed by atoms with Gasteiger partial charge in [-0.25, -0.2) is 0 Å². The van der Waals surface area contributed by atoms with Gasteiger partial charge in [0.2, 0.25) is 0 Å². The first-order chi connectivity index (χ1) is 7.84. The highest BCUT2D eigenvalue weighted by Gasteiger charge is 2.45. The Morgan fingerprint density at radius 2 is 1.88 bits per heavy atom. The van der Waals surface area contributed by atoms with Crippen molar-refractivity contribution in [3.05, 3.63) is 22.8 Å². The van der Waals surface area contributed by atoms with Crippen molar-refractivity contribution >= 4 is 0 Å². The van der Waals surface area contributed by atoms with E-state index in [-0.39, 0.29) is 24.0 Å². The van der Waals surface area contributed by atoms with Gasteiger partial charge in [0.05, 0.1) is 13.2 Å². The maximum absolute atomic E-state index is 9.47. The molecule has 0 saturated carbocycles. The number of hydrogen-bond acceptors (Lipinski definition) is 2. The lowest BCUT2D eigenvalue weighted by atomic mass is 9.56. The predicted molar refractivity (Wildman–Crippen MR) is 69.6 cm³/mol. The molecule has 0 fully saturated rings. The molecule has 0 amide bonds. The van der Waals surface area contributed by atoms with E-state index in [0.717, 1.165) is 12.8 Å². The summed E-state index contributed by atoms with van der Waals surface area (Å²) in [5.41, 5.74) is 4.27. The molecule has 0 spiro atoms. The molecule has 0 bridgehead atoms. The highest BCUT2D eigenvalue weighted by Crippen LogP contribution is 2.56.